The van der Waals surface area contributed by atoms with Gasteiger partial charge in [-0.2, -0.15) is 0 Å². The van der Waals surface area contributed by atoms with Gasteiger partial charge in [0.25, 0.3) is 0 Å². The van der Waals surface area contributed by atoms with E-state index in [9.17, 15) is 5.11 Å². The van der Waals surface area contributed by atoms with E-state index in [0.29, 0.717) is 18.8 Å². The Kier molecular flexibility index (Phi) is 8.76. The van der Waals surface area contributed by atoms with Crippen LogP contribution in [0.15, 0.2) is 53.4 Å². The molecule has 0 amide bonds. The zero-order valence-corrected chi connectivity index (χ0v) is 15.9. The molecule has 1 unspecified atom stereocenters. The highest BCUT2D eigenvalue weighted by Gasteiger charge is 2.20. The van der Waals surface area contributed by atoms with Crippen molar-refractivity contribution < 1.29 is 5.11 Å². The van der Waals surface area contributed by atoms with Crippen molar-refractivity contribution in [1.29, 1.82) is 0 Å². The third-order valence-electron chi connectivity index (χ3n) is 3.09. The van der Waals surface area contributed by atoms with Gasteiger partial charge in [-0.3, -0.25) is 0 Å². The third-order valence-corrected chi connectivity index (χ3v) is 4.95. The summed E-state index contributed by atoms with van der Waals surface area (Å²) in [4.78, 5) is 1.10. The third kappa shape index (κ3) is 7.79. The SMILES string of the molecule is CC(O)(CNCc1cccc(Cl)c1)CSc1ccc(Cl)cc1.Cl. The van der Waals surface area contributed by atoms with Crippen LogP contribution in [-0.4, -0.2) is 23.0 Å². The minimum atomic E-state index is -0.789. The predicted molar refractivity (Wildman–Crippen MR) is 103 cm³/mol. The molecule has 2 rings (SSSR count). The van der Waals surface area contributed by atoms with Crippen molar-refractivity contribution >= 4 is 47.4 Å². The molecule has 0 aliphatic carbocycles. The number of thioether (sulfide) groups is 1. The molecule has 0 heterocycles. The Morgan fingerprint density at radius 1 is 1.09 bits per heavy atom. The fourth-order valence-corrected chi connectivity index (χ4v) is 3.19. The highest BCUT2D eigenvalue weighted by molar-refractivity contribution is 7.99. The van der Waals surface area contributed by atoms with Crippen LogP contribution >= 0.6 is 47.4 Å². The number of aliphatic hydroxyl groups is 1. The summed E-state index contributed by atoms with van der Waals surface area (Å²) >= 11 is 13.4. The van der Waals surface area contributed by atoms with Gasteiger partial charge in [-0.05, 0) is 48.9 Å². The Morgan fingerprint density at radius 3 is 2.43 bits per heavy atom. The molecule has 2 aromatic rings. The number of nitrogens with one attached hydrogen (secondary N) is 1. The van der Waals surface area contributed by atoms with Crippen LogP contribution in [0.2, 0.25) is 10.0 Å². The first-order chi connectivity index (χ1) is 10.4. The van der Waals surface area contributed by atoms with E-state index < -0.39 is 5.60 Å². The van der Waals surface area contributed by atoms with Gasteiger partial charge in [-0.1, -0.05) is 35.3 Å². The van der Waals surface area contributed by atoms with Crippen molar-refractivity contribution in [1.82, 2.24) is 5.32 Å². The molecule has 0 spiro atoms. The lowest BCUT2D eigenvalue weighted by Crippen LogP contribution is -2.39. The van der Waals surface area contributed by atoms with E-state index in [-0.39, 0.29) is 12.4 Å². The first-order valence-corrected chi connectivity index (χ1v) is 8.75. The Balaban J connectivity index is 0.00000264. The first kappa shape index (κ1) is 20.6. The second-order valence-corrected chi connectivity index (χ2v) is 7.39. The molecule has 0 saturated carbocycles. The molecule has 2 N–H and O–H groups in total. The lowest BCUT2D eigenvalue weighted by molar-refractivity contribution is 0.0845. The molecule has 2 aromatic carbocycles. The van der Waals surface area contributed by atoms with Crippen molar-refractivity contribution in [2.75, 3.05) is 12.3 Å². The maximum Gasteiger partial charge on any atom is 0.0837 e. The molecular formula is C17H20Cl3NOS. The number of hydrogen-bond donors (Lipinski definition) is 2. The minimum Gasteiger partial charge on any atom is -0.388 e. The second kappa shape index (κ2) is 9.77. The van der Waals surface area contributed by atoms with Crippen LogP contribution in [0.1, 0.15) is 12.5 Å². The molecule has 0 radical (unpaired) electrons. The summed E-state index contributed by atoms with van der Waals surface area (Å²) in [5, 5.41) is 15.1. The maximum absolute atomic E-state index is 10.4. The van der Waals surface area contributed by atoms with Gasteiger partial charge in [0.05, 0.1) is 5.60 Å². The highest BCUT2D eigenvalue weighted by atomic mass is 35.5. The summed E-state index contributed by atoms with van der Waals surface area (Å²) in [5.41, 5.74) is 0.316. The summed E-state index contributed by atoms with van der Waals surface area (Å²) in [7, 11) is 0. The van der Waals surface area contributed by atoms with Crippen molar-refractivity contribution in [3.63, 3.8) is 0 Å². The second-order valence-electron chi connectivity index (χ2n) is 5.47. The van der Waals surface area contributed by atoms with Crippen LogP contribution in [0.5, 0.6) is 0 Å². The lowest BCUT2D eigenvalue weighted by atomic mass is 10.1. The summed E-state index contributed by atoms with van der Waals surface area (Å²) in [5.74, 6) is 0.608. The van der Waals surface area contributed by atoms with Crippen molar-refractivity contribution in [3.8, 4) is 0 Å². The van der Waals surface area contributed by atoms with E-state index in [1.54, 1.807) is 11.8 Å². The van der Waals surface area contributed by atoms with Crippen molar-refractivity contribution in [2.45, 2.75) is 24.0 Å². The normalized spacial score (nSPS) is 13.2. The van der Waals surface area contributed by atoms with E-state index in [4.69, 9.17) is 23.2 Å². The molecule has 0 aromatic heterocycles. The monoisotopic (exact) mass is 391 g/mol. The van der Waals surface area contributed by atoms with Crippen LogP contribution in [0.3, 0.4) is 0 Å². The molecule has 0 aliphatic rings. The van der Waals surface area contributed by atoms with Gasteiger partial charge in [-0.15, -0.1) is 24.2 Å². The average Bonchev–Trinajstić information content (AvgIpc) is 2.47. The van der Waals surface area contributed by atoms with Gasteiger partial charge < -0.3 is 10.4 Å². The van der Waals surface area contributed by atoms with Gasteiger partial charge in [0.1, 0.15) is 0 Å². The number of hydrogen-bond acceptors (Lipinski definition) is 3. The molecule has 0 saturated heterocycles. The van der Waals surface area contributed by atoms with E-state index >= 15 is 0 Å². The van der Waals surface area contributed by atoms with Crippen LogP contribution < -0.4 is 5.32 Å². The van der Waals surface area contributed by atoms with Gasteiger partial charge in [0.2, 0.25) is 0 Å². The topological polar surface area (TPSA) is 32.3 Å². The summed E-state index contributed by atoms with van der Waals surface area (Å²) in [6, 6.07) is 15.3. The zero-order valence-electron chi connectivity index (χ0n) is 12.8. The summed E-state index contributed by atoms with van der Waals surface area (Å²) in [6.07, 6.45) is 0. The Morgan fingerprint density at radius 2 is 1.78 bits per heavy atom. The smallest absolute Gasteiger partial charge is 0.0837 e. The summed E-state index contributed by atoms with van der Waals surface area (Å²) < 4.78 is 0. The molecule has 1 atom stereocenters. The summed E-state index contributed by atoms with van der Waals surface area (Å²) in [6.45, 7) is 3.03. The molecule has 0 aliphatic heterocycles. The molecular weight excluding hydrogens is 373 g/mol. The largest absolute Gasteiger partial charge is 0.388 e. The van der Waals surface area contributed by atoms with Crippen LogP contribution in [-0.2, 0) is 6.54 Å². The van der Waals surface area contributed by atoms with Crippen LogP contribution in [0, 0.1) is 0 Å². The Hall–Kier alpha value is -0.420. The van der Waals surface area contributed by atoms with E-state index in [1.807, 2.05) is 55.5 Å². The van der Waals surface area contributed by atoms with Gasteiger partial charge in [0, 0.05) is 33.8 Å². The Bertz CT molecular complexity index is 605. The van der Waals surface area contributed by atoms with E-state index in [2.05, 4.69) is 5.32 Å². The van der Waals surface area contributed by atoms with E-state index in [1.165, 1.54) is 0 Å². The van der Waals surface area contributed by atoms with Crippen molar-refractivity contribution in [2.24, 2.45) is 0 Å². The molecule has 0 fully saturated rings. The zero-order chi connectivity index (χ0) is 16.0. The predicted octanol–water partition coefficient (Wildman–Crippen LogP) is 5.05. The van der Waals surface area contributed by atoms with E-state index in [0.717, 1.165) is 20.5 Å². The minimum absolute atomic E-state index is 0. The number of benzene rings is 2. The van der Waals surface area contributed by atoms with Crippen LogP contribution in [0.4, 0.5) is 0 Å². The Labute approximate surface area is 158 Å². The fourth-order valence-electron chi connectivity index (χ4n) is 1.94. The number of halogens is 3. The molecule has 2 nitrogen and oxygen atoms in total. The van der Waals surface area contributed by atoms with Gasteiger partial charge >= 0.3 is 0 Å². The average molecular weight is 393 g/mol. The standard InChI is InChI=1S/C17H19Cl2NOS.ClH/c1-17(21,12-22-16-7-5-14(18)6-8-16)11-20-10-13-3-2-4-15(19)9-13;/h2-9,20-21H,10-12H2,1H3;1H. The van der Waals surface area contributed by atoms with Crippen LogP contribution in [0.25, 0.3) is 0 Å². The lowest BCUT2D eigenvalue weighted by Gasteiger charge is -2.23. The number of rotatable bonds is 7. The molecule has 6 heteroatoms. The maximum atomic E-state index is 10.4. The molecule has 126 valence electrons. The van der Waals surface area contributed by atoms with Gasteiger partial charge in [-0.25, -0.2) is 0 Å². The fraction of sp³-hybridized carbons (Fsp3) is 0.294. The quantitative estimate of drug-likeness (QED) is 0.647. The van der Waals surface area contributed by atoms with Gasteiger partial charge in [0.15, 0.2) is 0 Å². The first-order valence-electron chi connectivity index (χ1n) is 7.00. The highest BCUT2D eigenvalue weighted by Crippen LogP contribution is 2.24. The molecule has 0 bridgehead atoms. The molecule has 23 heavy (non-hydrogen) atoms. The van der Waals surface area contributed by atoms with Crippen molar-refractivity contribution in [3.05, 3.63) is 64.1 Å².